The van der Waals surface area contributed by atoms with Crippen LogP contribution in [0.4, 0.5) is 0 Å². The molecule has 1 aromatic heterocycles. The Morgan fingerprint density at radius 3 is 2.86 bits per heavy atom. The van der Waals surface area contributed by atoms with E-state index in [9.17, 15) is 0 Å². The molecule has 0 amide bonds. The average Bonchev–Trinajstić information content (AvgIpc) is 2.47. The number of hydrogen-bond donors (Lipinski definition) is 1. The first-order valence-corrected chi connectivity index (χ1v) is 8.15. The monoisotopic (exact) mass is 291 g/mol. The van der Waals surface area contributed by atoms with Gasteiger partial charge in [-0.15, -0.1) is 0 Å². The number of methoxy groups -OCH3 is 1. The van der Waals surface area contributed by atoms with Crippen LogP contribution in [-0.2, 0) is 6.54 Å². The van der Waals surface area contributed by atoms with Gasteiger partial charge in [-0.1, -0.05) is 20.3 Å². The predicted molar refractivity (Wildman–Crippen MR) is 86.7 cm³/mol. The van der Waals surface area contributed by atoms with Gasteiger partial charge in [-0.05, 0) is 19.8 Å². The minimum atomic E-state index is 0.603. The number of nitrogens with zero attached hydrogens (tertiary/aromatic N) is 2. The smallest absolute Gasteiger partial charge is 0.122 e. The summed E-state index contributed by atoms with van der Waals surface area (Å²) < 4.78 is 5.37. The van der Waals surface area contributed by atoms with Crippen LogP contribution in [0.15, 0.2) is 12.1 Å². The van der Waals surface area contributed by atoms with E-state index in [1.54, 1.807) is 7.11 Å². The van der Waals surface area contributed by atoms with E-state index in [0.717, 1.165) is 36.8 Å². The number of aromatic nitrogens is 1. The average molecular weight is 291 g/mol. The Labute approximate surface area is 128 Å². The Morgan fingerprint density at radius 1 is 1.38 bits per heavy atom. The summed E-state index contributed by atoms with van der Waals surface area (Å²) in [4.78, 5) is 7.25. The first kappa shape index (κ1) is 16.2. The molecule has 1 aliphatic rings. The SMILES string of the molecule is CCCC1CN(Cc2cc(OC)cc(C)n2)C(CC)CN1. The second-order valence-electron chi connectivity index (χ2n) is 6.03. The maximum absolute atomic E-state index is 5.37. The predicted octanol–water partition coefficient (Wildman–Crippen LogP) is 2.75. The lowest BCUT2D eigenvalue weighted by molar-refractivity contribution is 0.114. The molecular weight excluding hydrogens is 262 g/mol. The van der Waals surface area contributed by atoms with Crippen LogP contribution in [0.25, 0.3) is 0 Å². The Bertz CT molecular complexity index is 450. The standard InChI is InChI=1S/C17H29N3O/c1-5-7-14-11-20(16(6-2)10-18-14)12-15-9-17(21-4)8-13(3)19-15/h8-9,14,16,18H,5-7,10-12H2,1-4H3. The van der Waals surface area contributed by atoms with E-state index < -0.39 is 0 Å². The fourth-order valence-electron chi connectivity index (χ4n) is 3.18. The quantitative estimate of drug-likeness (QED) is 0.874. The minimum Gasteiger partial charge on any atom is -0.497 e. The lowest BCUT2D eigenvalue weighted by Crippen LogP contribution is -2.55. The summed E-state index contributed by atoms with van der Waals surface area (Å²) in [5, 5.41) is 3.68. The zero-order valence-electron chi connectivity index (χ0n) is 13.9. The van der Waals surface area contributed by atoms with Gasteiger partial charge in [0.15, 0.2) is 0 Å². The van der Waals surface area contributed by atoms with Crippen LogP contribution in [0.2, 0.25) is 0 Å². The van der Waals surface area contributed by atoms with E-state index >= 15 is 0 Å². The molecule has 0 aliphatic carbocycles. The fourth-order valence-corrected chi connectivity index (χ4v) is 3.18. The third-order valence-electron chi connectivity index (χ3n) is 4.30. The molecule has 0 aromatic carbocycles. The van der Waals surface area contributed by atoms with Gasteiger partial charge in [-0.3, -0.25) is 9.88 Å². The van der Waals surface area contributed by atoms with Crippen LogP contribution >= 0.6 is 0 Å². The molecule has 1 aliphatic heterocycles. The van der Waals surface area contributed by atoms with E-state index in [1.165, 1.54) is 19.3 Å². The normalized spacial score (nSPS) is 23.2. The highest BCUT2D eigenvalue weighted by Gasteiger charge is 2.26. The number of piperazine rings is 1. The van der Waals surface area contributed by atoms with E-state index in [-0.39, 0.29) is 0 Å². The molecule has 0 saturated carbocycles. The molecule has 1 aromatic rings. The molecule has 2 heterocycles. The number of aryl methyl sites for hydroxylation is 1. The molecule has 118 valence electrons. The summed E-state index contributed by atoms with van der Waals surface area (Å²) in [5.41, 5.74) is 2.14. The summed E-state index contributed by atoms with van der Waals surface area (Å²) in [5.74, 6) is 0.908. The van der Waals surface area contributed by atoms with Crippen LogP contribution in [0, 0.1) is 6.92 Å². The number of ether oxygens (including phenoxy) is 1. The van der Waals surface area contributed by atoms with E-state index in [0.29, 0.717) is 12.1 Å². The van der Waals surface area contributed by atoms with Crippen molar-refractivity contribution in [3.8, 4) is 5.75 Å². The van der Waals surface area contributed by atoms with Crippen molar-refractivity contribution in [3.05, 3.63) is 23.5 Å². The van der Waals surface area contributed by atoms with Gasteiger partial charge in [0, 0.05) is 49.5 Å². The van der Waals surface area contributed by atoms with Gasteiger partial charge in [-0.25, -0.2) is 0 Å². The van der Waals surface area contributed by atoms with Crippen molar-refractivity contribution in [1.29, 1.82) is 0 Å². The first-order chi connectivity index (χ1) is 10.2. The van der Waals surface area contributed by atoms with Gasteiger partial charge in [0.25, 0.3) is 0 Å². The van der Waals surface area contributed by atoms with Crippen molar-refractivity contribution >= 4 is 0 Å². The summed E-state index contributed by atoms with van der Waals surface area (Å²) in [6, 6.07) is 5.27. The molecule has 4 nitrogen and oxygen atoms in total. The van der Waals surface area contributed by atoms with Gasteiger partial charge >= 0.3 is 0 Å². The second-order valence-corrected chi connectivity index (χ2v) is 6.03. The maximum atomic E-state index is 5.37. The fraction of sp³-hybridized carbons (Fsp3) is 0.706. The topological polar surface area (TPSA) is 37.4 Å². The summed E-state index contributed by atoms with van der Waals surface area (Å²) in [6.07, 6.45) is 3.66. The van der Waals surface area contributed by atoms with Crippen molar-refractivity contribution in [2.45, 2.75) is 58.7 Å². The van der Waals surface area contributed by atoms with Crippen molar-refractivity contribution in [2.75, 3.05) is 20.2 Å². The van der Waals surface area contributed by atoms with Gasteiger partial charge in [0.2, 0.25) is 0 Å². The zero-order valence-corrected chi connectivity index (χ0v) is 13.9. The molecular formula is C17H29N3O. The largest absolute Gasteiger partial charge is 0.497 e. The van der Waals surface area contributed by atoms with Crippen LogP contribution in [0.5, 0.6) is 5.75 Å². The molecule has 2 unspecified atom stereocenters. The molecule has 0 bridgehead atoms. The third kappa shape index (κ3) is 4.42. The number of hydrogen-bond acceptors (Lipinski definition) is 4. The van der Waals surface area contributed by atoms with Crippen molar-refractivity contribution in [2.24, 2.45) is 0 Å². The highest BCUT2D eigenvalue weighted by molar-refractivity contribution is 5.26. The molecule has 0 spiro atoms. The van der Waals surface area contributed by atoms with Crippen molar-refractivity contribution in [3.63, 3.8) is 0 Å². The van der Waals surface area contributed by atoms with E-state index in [4.69, 9.17) is 4.74 Å². The lowest BCUT2D eigenvalue weighted by atomic mass is 10.0. The highest BCUT2D eigenvalue weighted by Crippen LogP contribution is 2.19. The maximum Gasteiger partial charge on any atom is 0.122 e. The molecule has 21 heavy (non-hydrogen) atoms. The molecule has 4 heteroatoms. The highest BCUT2D eigenvalue weighted by atomic mass is 16.5. The molecule has 2 rings (SSSR count). The van der Waals surface area contributed by atoms with E-state index in [1.807, 2.05) is 13.0 Å². The first-order valence-electron chi connectivity index (χ1n) is 8.15. The van der Waals surface area contributed by atoms with Gasteiger partial charge in [-0.2, -0.15) is 0 Å². The van der Waals surface area contributed by atoms with E-state index in [2.05, 4.69) is 35.1 Å². The minimum absolute atomic E-state index is 0.603. The molecule has 0 radical (unpaired) electrons. The van der Waals surface area contributed by atoms with Gasteiger partial charge < -0.3 is 10.1 Å². The summed E-state index contributed by atoms with van der Waals surface area (Å²) in [6.45, 7) is 9.67. The lowest BCUT2D eigenvalue weighted by Gasteiger charge is -2.40. The Balaban J connectivity index is 2.08. The number of pyridine rings is 1. The Morgan fingerprint density at radius 2 is 2.19 bits per heavy atom. The molecule has 1 N–H and O–H groups in total. The Hall–Kier alpha value is -1.13. The molecule has 2 atom stereocenters. The molecule has 1 fully saturated rings. The zero-order chi connectivity index (χ0) is 15.2. The van der Waals surface area contributed by atoms with Crippen LogP contribution in [0.1, 0.15) is 44.5 Å². The number of nitrogens with one attached hydrogen (secondary N) is 1. The van der Waals surface area contributed by atoms with Crippen molar-refractivity contribution in [1.82, 2.24) is 15.2 Å². The molecule has 1 saturated heterocycles. The van der Waals surface area contributed by atoms with Crippen LogP contribution < -0.4 is 10.1 Å². The summed E-state index contributed by atoms with van der Waals surface area (Å²) in [7, 11) is 1.72. The van der Waals surface area contributed by atoms with Gasteiger partial charge in [0.1, 0.15) is 5.75 Å². The van der Waals surface area contributed by atoms with Crippen molar-refractivity contribution < 1.29 is 4.74 Å². The van der Waals surface area contributed by atoms with Crippen LogP contribution in [0.3, 0.4) is 0 Å². The van der Waals surface area contributed by atoms with Gasteiger partial charge in [0.05, 0.1) is 12.8 Å². The van der Waals surface area contributed by atoms with Crippen LogP contribution in [-0.4, -0.2) is 42.2 Å². The number of rotatable bonds is 6. The summed E-state index contributed by atoms with van der Waals surface area (Å²) >= 11 is 0. The third-order valence-corrected chi connectivity index (χ3v) is 4.30. The Kier molecular flexibility index (Phi) is 6.00. The second kappa shape index (κ2) is 7.76.